The molecular formula is C21H17NO6. The lowest BCUT2D eigenvalue weighted by atomic mass is 10.1. The van der Waals surface area contributed by atoms with Crippen molar-refractivity contribution in [1.82, 2.24) is 5.32 Å². The number of amides is 2. The van der Waals surface area contributed by atoms with E-state index in [0.29, 0.717) is 11.1 Å². The molecule has 0 atom stereocenters. The van der Waals surface area contributed by atoms with Crippen LogP contribution in [0.15, 0.2) is 60.7 Å². The molecule has 7 heteroatoms. The van der Waals surface area contributed by atoms with Crippen LogP contribution in [0, 0.1) is 0 Å². The first-order valence-corrected chi connectivity index (χ1v) is 8.36. The number of ether oxygens (including phenoxy) is 2. The van der Waals surface area contributed by atoms with Crippen molar-refractivity contribution in [2.24, 2.45) is 0 Å². The van der Waals surface area contributed by atoms with Gasteiger partial charge in [0.2, 0.25) is 0 Å². The maximum absolute atomic E-state index is 12.2. The van der Waals surface area contributed by atoms with Crippen molar-refractivity contribution in [3.63, 3.8) is 0 Å². The van der Waals surface area contributed by atoms with Crippen molar-refractivity contribution >= 4 is 28.6 Å². The number of esters is 1. The zero-order chi connectivity index (χ0) is 20.1. The van der Waals surface area contributed by atoms with Gasteiger partial charge in [-0.25, -0.2) is 4.79 Å². The molecule has 0 fully saturated rings. The molecule has 3 aromatic carbocycles. The Balaban J connectivity index is 1.64. The first kappa shape index (κ1) is 18.9. The Morgan fingerprint density at radius 1 is 0.929 bits per heavy atom. The number of rotatable bonds is 5. The summed E-state index contributed by atoms with van der Waals surface area (Å²) in [7, 11) is 1.41. The number of hydrogen-bond acceptors (Lipinski definition) is 6. The summed E-state index contributed by atoms with van der Waals surface area (Å²) in [6.07, 6.45) is 0. The van der Waals surface area contributed by atoms with E-state index in [1.807, 2.05) is 6.07 Å². The lowest BCUT2D eigenvalue weighted by Gasteiger charge is -2.10. The lowest BCUT2D eigenvalue weighted by Crippen LogP contribution is -2.34. The summed E-state index contributed by atoms with van der Waals surface area (Å²) in [5.41, 5.74) is 0.111. The van der Waals surface area contributed by atoms with Gasteiger partial charge in [0.25, 0.3) is 11.8 Å². The number of phenolic OH excluding ortho intramolecular Hbond substituents is 1. The topological polar surface area (TPSA) is 102 Å². The molecule has 142 valence electrons. The third kappa shape index (κ3) is 3.93. The number of hydrogen-bond donors (Lipinski definition) is 2. The summed E-state index contributed by atoms with van der Waals surface area (Å²) in [5, 5.41) is 13.6. The molecular weight excluding hydrogens is 362 g/mol. The fraction of sp³-hybridized carbons (Fsp3) is 0.0952. The Bertz CT molecular complexity index is 1060. The van der Waals surface area contributed by atoms with Gasteiger partial charge in [-0.1, -0.05) is 42.5 Å². The second-order valence-electron chi connectivity index (χ2n) is 5.84. The van der Waals surface area contributed by atoms with Gasteiger partial charge in [0, 0.05) is 5.39 Å². The number of methoxy groups -OCH3 is 1. The third-order valence-electron chi connectivity index (χ3n) is 4.06. The SMILES string of the molecule is COc1ccccc1C(=O)NC(=O)COC(=O)c1ccc2ccccc2c1O. The molecule has 0 bridgehead atoms. The van der Waals surface area contributed by atoms with Crippen molar-refractivity contribution in [3.05, 3.63) is 71.8 Å². The van der Waals surface area contributed by atoms with Crippen molar-refractivity contribution < 1.29 is 29.0 Å². The quantitative estimate of drug-likeness (QED) is 0.661. The van der Waals surface area contributed by atoms with Crippen molar-refractivity contribution in [3.8, 4) is 11.5 Å². The van der Waals surface area contributed by atoms with Crippen LogP contribution in [0.1, 0.15) is 20.7 Å². The Labute approximate surface area is 160 Å². The van der Waals surface area contributed by atoms with Crippen LogP contribution in [-0.2, 0) is 9.53 Å². The van der Waals surface area contributed by atoms with Gasteiger partial charge in [-0.3, -0.25) is 14.9 Å². The third-order valence-corrected chi connectivity index (χ3v) is 4.06. The number of carbonyl (C=O) groups is 3. The second-order valence-corrected chi connectivity index (χ2v) is 5.84. The van der Waals surface area contributed by atoms with E-state index < -0.39 is 24.4 Å². The van der Waals surface area contributed by atoms with Gasteiger partial charge < -0.3 is 14.6 Å². The van der Waals surface area contributed by atoms with Crippen LogP contribution in [0.3, 0.4) is 0 Å². The van der Waals surface area contributed by atoms with Crippen molar-refractivity contribution in [2.75, 3.05) is 13.7 Å². The van der Waals surface area contributed by atoms with Crippen molar-refractivity contribution in [1.29, 1.82) is 0 Å². The average Bonchev–Trinajstić information content (AvgIpc) is 2.72. The van der Waals surface area contributed by atoms with Gasteiger partial charge in [-0.05, 0) is 23.6 Å². The predicted octanol–water partition coefficient (Wildman–Crippen LogP) is 2.67. The highest BCUT2D eigenvalue weighted by Crippen LogP contribution is 2.28. The highest BCUT2D eigenvalue weighted by atomic mass is 16.5. The van der Waals surface area contributed by atoms with E-state index in [9.17, 15) is 19.5 Å². The number of fused-ring (bicyclic) bond motifs is 1. The van der Waals surface area contributed by atoms with Crippen LogP contribution in [0.5, 0.6) is 11.5 Å². The summed E-state index contributed by atoms with van der Waals surface area (Å²) in [6.45, 7) is -0.675. The van der Waals surface area contributed by atoms with Gasteiger partial charge in [-0.2, -0.15) is 0 Å². The number of benzene rings is 3. The predicted molar refractivity (Wildman–Crippen MR) is 101 cm³/mol. The van der Waals surface area contributed by atoms with E-state index in [1.54, 1.807) is 42.5 Å². The summed E-state index contributed by atoms with van der Waals surface area (Å²) >= 11 is 0. The first-order chi connectivity index (χ1) is 13.5. The first-order valence-electron chi connectivity index (χ1n) is 8.36. The van der Waals surface area contributed by atoms with Gasteiger partial charge in [0.1, 0.15) is 17.1 Å². The van der Waals surface area contributed by atoms with E-state index in [4.69, 9.17) is 9.47 Å². The highest BCUT2D eigenvalue weighted by molar-refractivity contribution is 6.07. The zero-order valence-electron chi connectivity index (χ0n) is 15.0. The summed E-state index contributed by atoms with van der Waals surface area (Å²) in [6, 6.07) is 16.5. The van der Waals surface area contributed by atoms with E-state index in [2.05, 4.69) is 5.32 Å². The number of para-hydroxylation sites is 1. The highest BCUT2D eigenvalue weighted by Gasteiger charge is 2.19. The normalized spacial score (nSPS) is 10.3. The molecule has 0 spiro atoms. The summed E-state index contributed by atoms with van der Waals surface area (Å²) in [5.74, 6) is -2.26. The Kier molecular flexibility index (Phi) is 5.55. The smallest absolute Gasteiger partial charge is 0.342 e. The lowest BCUT2D eigenvalue weighted by molar-refractivity contribution is -0.123. The minimum absolute atomic E-state index is 0.0671. The Morgan fingerprint density at radius 2 is 1.64 bits per heavy atom. The molecule has 0 radical (unpaired) electrons. The van der Waals surface area contributed by atoms with Gasteiger partial charge in [-0.15, -0.1) is 0 Å². The molecule has 0 aromatic heterocycles. The number of phenols is 1. The number of aromatic hydroxyl groups is 1. The van der Waals surface area contributed by atoms with E-state index >= 15 is 0 Å². The minimum atomic E-state index is -0.872. The molecule has 0 saturated carbocycles. The van der Waals surface area contributed by atoms with Crippen LogP contribution < -0.4 is 10.1 Å². The minimum Gasteiger partial charge on any atom is -0.506 e. The molecule has 2 N–H and O–H groups in total. The molecule has 2 amide bonds. The van der Waals surface area contributed by atoms with Gasteiger partial charge in [0.05, 0.1) is 12.7 Å². The molecule has 3 aromatic rings. The van der Waals surface area contributed by atoms with Gasteiger partial charge >= 0.3 is 5.97 Å². The standard InChI is InChI=1S/C21H17NO6/c1-27-17-9-5-4-8-15(17)20(25)22-18(23)12-28-21(26)16-11-10-13-6-2-3-7-14(13)19(16)24/h2-11,24H,12H2,1H3,(H,22,23,25). The fourth-order valence-corrected chi connectivity index (χ4v) is 2.69. The summed E-state index contributed by atoms with van der Waals surface area (Å²) < 4.78 is 9.99. The molecule has 0 saturated heterocycles. The van der Waals surface area contributed by atoms with Crippen LogP contribution in [0.4, 0.5) is 0 Å². The van der Waals surface area contributed by atoms with E-state index in [0.717, 1.165) is 5.39 Å². The molecule has 0 aliphatic heterocycles. The fourth-order valence-electron chi connectivity index (χ4n) is 2.69. The zero-order valence-corrected chi connectivity index (χ0v) is 15.0. The largest absolute Gasteiger partial charge is 0.506 e. The van der Waals surface area contributed by atoms with Crippen LogP contribution in [0.2, 0.25) is 0 Å². The molecule has 3 rings (SSSR count). The second kappa shape index (κ2) is 8.22. The van der Waals surface area contributed by atoms with Crippen LogP contribution in [0.25, 0.3) is 10.8 Å². The van der Waals surface area contributed by atoms with Crippen molar-refractivity contribution in [2.45, 2.75) is 0 Å². The number of nitrogens with one attached hydrogen (secondary N) is 1. The Morgan fingerprint density at radius 3 is 2.43 bits per heavy atom. The van der Waals surface area contributed by atoms with Crippen LogP contribution >= 0.6 is 0 Å². The maximum atomic E-state index is 12.2. The molecule has 0 aliphatic rings. The monoisotopic (exact) mass is 379 g/mol. The molecule has 0 heterocycles. The van der Waals surface area contributed by atoms with Crippen LogP contribution in [-0.4, -0.2) is 36.6 Å². The van der Waals surface area contributed by atoms with E-state index in [1.165, 1.54) is 19.2 Å². The van der Waals surface area contributed by atoms with Gasteiger partial charge in [0.15, 0.2) is 6.61 Å². The van der Waals surface area contributed by atoms with E-state index in [-0.39, 0.29) is 16.9 Å². The molecule has 0 aliphatic carbocycles. The average molecular weight is 379 g/mol. The number of carbonyl (C=O) groups excluding carboxylic acids is 3. The molecule has 28 heavy (non-hydrogen) atoms. The molecule has 0 unspecified atom stereocenters. The molecule has 7 nitrogen and oxygen atoms in total. The summed E-state index contributed by atoms with van der Waals surface area (Å²) in [4.78, 5) is 36.3. The Hall–Kier alpha value is -3.87. The maximum Gasteiger partial charge on any atom is 0.342 e. The number of imide groups is 1.